The zero-order valence-electron chi connectivity index (χ0n) is 6.38. The van der Waals surface area contributed by atoms with Crippen molar-refractivity contribution in [1.82, 2.24) is 5.32 Å². The van der Waals surface area contributed by atoms with Gasteiger partial charge in [0.05, 0.1) is 0 Å². The summed E-state index contributed by atoms with van der Waals surface area (Å²) in [6, 6.07) is 0. The monoisotopic (exact) mass is 155 g/mol. The van der Waals surface area contributed by atoms with Crippen LogP contribution in [0, 0.1) is 0 Å². The molecule has 0 radical (unpaired) electrons. The molecule has 0 saturated heterocycles. The molecule has 1 rings (SSSR count). The molecule has 4 nitrogen and oxygen atoms in total. The van der Waals surface area contributed by atoms with Crippen molar-refractivity contribution in [2.24, 2.45) is 0 Å². The summed E-state index contributed by atoms with van der Waals surface area (Å²) in [7, 11) is 0. The molecule has 1 aliphatic heterocycles. The molecule has 4 heteroatoms. The van der Waals surface area contributed by atoms with E-state index in [2.05, 4.69) is 5.32 Å². The maximum Gasteiger partial charge on any atom is 0.335 e. The summed E-state index contributed by atoms with van der Waals surface area (Å²) < 4.78 is 4.72. The standard InChI is InChI=1S/C7H9NO3/c1-4-3-6(8-5(2)9)11-7(4)10/h3,6H,1-2H3,(H,8,9). The number of rotatable bonds is 1. The minimum Gasteiger partial charge on any atom is -0.435 e. The van der Waals surface area contributed by atoms with Gasteiger partial charge in [0.25, 0.3) is 0 Å². The van der Waals surface area contributed by atoms with E-state index in [9.17, 15) is 9.59 Å². The van der Waals surface area contributed by atoms with Gasteiger partial charge >= 0.3 is 5.97 Å². The third kappa shape index (κ3) is 1.80. The molecule has 1 atom stereocenters. The van der Waals surface area contributed by atoms with Gasteiger partial charge in [-0.15, -0.1) is 0 Å². The van der Waals surface area contributed by atoms with Crippen molar-refractivity contribution >= 4 is 11.9 Å². The van der Waals surface area contributed by atoms with E-state index >= 15 is 0 Å². The number of esters is 1. The zero-order chi connectivity index (χ0) is 8.43. The van der Waals surface area contributed by atoms with Crippen LogP contribution >= 0.6 is 0 Å². The highest BCUT2D eigenvalue weighted by Gasteiger charge is 2.21. The number of ether oxygens (including phenoxy) is 1. The lowest BCUT2D eigenvalue weighted by Crippen LogP contribution is -2.32. The molecule has 0 saturated carbocycles. The van der Waals surface area contributed by atoms with Gasteiger partial charge in [-0.25, -0.2) is 4.79 Å². The van der Waals surface area contributed by atoms with Gasteiger partial charge in [0, 0.05) is 12.5 Å². The second-order valence-electron chi connectivity index (χ2n) is 2.38. The molecule has 0 aliphatic carbocycles. The second-order valence-corrected chi connectivity index (χ2v) is 2.38. The van der Waals surface area contributed by atoms with Gasteiger partial charge < -0.3 is 10.1 Å². The first-order valence-electron chi connectivity index (χ1n) is 3.26. The van der Waals surface area contributed by atoms with Crippen LogP contribution in [0.15, 0.2) is 11.6 Å². The summed E-state index contributed by atoms with van der Waals surface area (Å²) in [5.41, 5.74) is 0.531. The second kappa shape index (κ2) is 2.74. The highest BCUT2D eigenvalue weighted by molar-refractivity contribution is 5.90. The Balaban J connectivity index is 2.54. The summed E-state index contributed by atoms with van der Waals surface area (Å²) in [4.78, 5) is 21.2. The maximum absolute atomic E-state index is 10.7. The molecule has 1 heterocycles. The molecular formula is C7H9NO3. The summed E-state index contributed by atoms with van der Waals surface area (Å²) in [5.74, 6) is -0.586. The molecule has 0 aromatic heterocycles. The van der Waals surface area contributed by atoms with E-state index in [4.69, 9.17) is 4.74 Å². The predicted octanol–water partition coefficient (Wildman–Crippen LogP) is -0.0483. The van der Waals surface area contributed by atoms with Crippen LogP contribution in [0.25, 0.3) is 0 Å². The Bertz CT molecular complexity index is 232. The fourth-order valence-electron chi connectivity index (χ4n) is 0.809. The van der Waals surface area contributed by atoms with Crippen molar-refractivity contribution in [2.45, 2.75) is 20.1 Å². The Kier molecular flexibility index (Phi) is 1.94. The smallest absolute Gasteiger partial charge is 0.335 e. The van der Waals surface area contributed by atoms with Crippen LogP contribution in [0.3, 0.4) is 0 Å². The molecule has 0 fully saturated rings. The molecule has 0 bridgehead atoms. The lowest BCUT2D eigenvalue weighted by molar-refractivity contribution is -0.141. The van der Waals surface area contributed by atoms with Gasteiger partial charge in [0.2, 0.25) is 5.91 Å². The summed E-state index contributed by atoms with van der Waals surface area (Å²) in [6.07, 6.45) is 1.00. The van der Waals surface area contributed by atoms with E-state index < -0.39 is 6.23 Å². The minimum atomic E-state index is -0.569. The minimum absolute atomic E-state index is 0.214. The van der Waals surface area contributed by atoms with E-state index in [0.29, 0.717) is 5.57 Å². The Morgan fingerprint density at radius 3 is 2.73 bits per heavy atom. The fourth-order valence-corrected chi connectivity index (χ4v) is 0.809. The van der Waals surface area contributed by atoms with E-state index in [0.717, 1.165) is 0 Å². The SMILES string of the molecule is CC(=O)NC1C=C(C)C(=O)O1. The quantitative estimate of drug-likeness (QED) is 0.540. The van der Waals surface area contributed by atoms with Crippen LogP contribution in [-0.4, -0.2) is 18.1 Å². The highest BCUT2D eigenvalue weighted by Crippen LogP contribution is 2.09. The van der Waals surface area contributed by atoms with Crippen molar-refractivity contribution in [3.63, 3.8) is 0 Å². The molecular weight excluding hydrogens is 146 g/mol. The van der Waals surface area contributed by atoms with E-state index in [1.165, 1.54) is 6.92 Å². The van der Waals surface area contributed by atoms with Crippen LogP contribution in [0.5, 0.6) is 0 Å². The molecule has 1 aliphatic rings. The number of carbonyl (C=O) groups excluding carboxylic acids is 2. The van der Waals surface area contributed by atoms with Crippen molar-refractivity contribution in [3.05, 3.63) is 11.6 Å². The summed E-state index contributed by atoms with van der Waals surface area (Å²) in [5, 5.41) is 2.44. The first kappa shape index (κ1) is 7.78. The number of hydrogen-bond acceptors (Lipinski definition) is 3. The Labute approximate surface area is 64.2 Å². The fraction of sp³-hybridized carbons (Fsp3) is 0.429. The molecule has 1 amide bonds. The number of amides is 1. The van der Waals surface area contributed by atoms with Crippen molar-refractivity contribution in [1.29, 1.82) is 0 Å². The van der Waals surface area contributed by atoms with Crippen LogP contribution < -0.4 is 5.32 Å². The van der Waals surface area contributed by atoms with Crippen LogP contribution in [0.2, 0.25) is 0 Å². The largest absolute Gasteiger partial charge is 0.435 e. The first-order chi connectivity index (χ1) is 5.09. The number of hydrogen-bond donors (Lipinski definition) is 1. The number of cyclic esters (lactones) is 1. The van der Waals surface area contributed by atoms with Gasteiger partial charge in [-0.3, -0.25) is 4.79 Å². The van der Waals surface area contributed by atoms with E-state index in [1.54, 1.807) is 13.0 Å². The molecule has 11 heavy (non-hydrogen) atoms. The Hall–Kier alpha value is -1.32. The molecule has 0 spiro atoms. The van der Waals surface area contributed by atoms with Crippen LogP contribution in [-0.2, 0) is 14.3 Å². The lowest BCUT2D eigenvalue weighted by Gasteiger charge is -2.07. The van der Waals surface area contributed by atoms with Gasteiger partial charge in [-0.2, -0.15) is 0 Å². The topological polar surface area (TPSA) is 55.4 Å². The first-order valence-corrected chi connectivity index (χ1v) is 3.26. The summed E-state index contributed by atoms with van der Waals surface area (Å²) >= 11 is 0. The van der Waals surface area contributed by atoms with Crippen molar-refractivity contribution in [2.75, 3.05) is 0 Å². The maximum atomic E-state index is 10.7. The van der Waals surface area contributed by atoms with Crippen molar-refractivity contribution < 1.29 is 14.3 Å². The van der Waals surface area contributed by atoms with E-state index in [1.807, 2.05) is 0 Å². The molecule has 0 aromatic carbocycles. The van der Waals surface area contributed by atoms with Crippen LogP contribution in [0.1, 0.15) is 13.8 Å². The van der Waals surface area contributed by atoms with Gasteiger partial charge in [0.15, 0.2) is 6.23 Å². The lowest BCUT2D eigenvalue weighted by atomic mass is 10.3. The normalized spacial score (nSPS) is 22.5. The molecule has 0 aromatic rings. The average molecular weight is 155 g/mol. The van der Waals surface area contributed by atoms with Gasteiger partial charge in [-0.1, -0.05) is 0 Å². The number of carbonyl (C=O) groups is 2. The van der Waals surface area contributed by atoms with Crippen molar-refractivity contribution in [3.8, 4) is 0 Å². The van der Waals surface area contributed by atoms with Crippen LogP contribution in [0.4, 0.5) is 0 Å². The number of nitrogens with one attached hydrogen (secondary N) is 1. The van der Waals surface area contributed by atoms with Gasteiger partial charge in [0.1, 0.15) is 0 Å². The third-order valence-corrected chi connectivity index (χ3v) is 1.30. The Morgan fingerprint density at radius 2 is 2.36 bits per heavy atom. The average Bonchev–Trinajstić information content (AvgIpc) is 2.10. The van der Waals surface area contributed by atoms with E-state index in [-0.39, 0.29) is 11.9 Å². The zero-order valence-corrected chi connectivity index (χ0v) is 6.38. The third-order valence-electron chi connectivity index (χ3n) is 1.30. The summed E-state index contributed by atoms with van der Waals surface area (Å²) in [6.45, 7) is 3.01. The Morgan fingerprint density at radius 1 is 1.73 bits per heavy atom. The predicted molar refractivity (Wildman–Crippen MR) is 37.5 cm³/mol. The molecule has 1 unspecified atom stereocenters. The van der Waals surface area contributed by atoms with Gasteiger partial charge in [-0.05, 0) is 13.0 Å². The highest BCUT2D eigenvalue weighted by atomic mass is 16.6. The molecule has 60 valence electrons. The molecule has 1 N–H and O–H groups in total.